The standard InChI is InChI=1S/C17H19N5O3S/c1-10-8-14(19-12(3)18-10)17-20-16(15-5-4-11(2)25-15)21-22(17)13-6-7-26(23,24)9-13/h4-5,8,13H,6-7,9H2,1-3H3/t13-/m0/s1. The number of sulfone groups is 1. The SMILES string of the molecule is Cc1cc(-c2nc(-c3ccc(C)o3)nn2[C@H]2CCS(=O)(=O)C2)nc(C)n1. The third kappa shape index (κ3) is 3.14. The van der Waals surface area contributed by atoms with Gasteiger partial charge in [0, 0.05) is 5.69 Å². The number of rotatable bonds is 3. The van der Waals surface area contributed by atoms with Crippen molar-refractivity contribution in [1.82, 2.24) is 24.7 Å². The van der Waals surface area contributed by atoms with Crippen LogP contribution in [-0.2, 0) is 9.84 Å². The molecular formula is C17H19N5O3S. The third-order valence-electron chi connectivity index (χ3n) is 4.34. The van der Waals surface area contributed by atoms with Crippen LogP contribution in [0.25, 0.3) is 23.1 Å². The Balaban J connectivity index is 1.86. The van der Waals surface area contributed by atoms with Crippen molar-refractivity contribution in [2.75, 3.05) is 11.5 Å². The molecule has 0 aromatic carbocycles. The predicted octanol–water partition coefficient (Wildman–Crippen LogP) is 2.28. The zero-order valence-electron chi connectivity index (χ0n) is 14.8. The van der Waals surface area contributed by atoms with Crippen molar-refractivity contribution in [1.29, 1.82) is 0 Å². The van der Waals surface area contributed by atoms with Gasteiger partial charge in [-0.3, -0.25) is 0 Å². The van der Waals surface area contributed by atoms with Gasteiger partial charge in [-0.05, 0) is 45.4 Å². The summed E-state index contributed by atoms with van der Waals surface area (Å²) in [6.07, 6.45) is 0.512. The maximum absolute atomic E-state index is 11.9. The monoisotopic (exact) mass is 373 g/mol. The number of furan rings is 1. The van der Waals surface area contributed by atoms with E-state index in [0.29, 0.717) is 35.3 Å². The Bertz CT molecular complexity index is 1060. The minimum absolute atomic E-state index is 0.0586. The molecule has 1 aliphatic heterocycles. The molecule has 0 saturated carbocycles. The fourth-order valence-electron chi connectivity index (χ4n) is 3.21. The largest absolute Gasteiger partial charge is 0.458 e. The summed E-state index contributed by atoms with van der Waals surface area (Å²) in [6, 6.07) is 5.21. The van der Waals surface area contributed by atoms with Gasteiger partial charge in [-0.1, -0.05) is 0 Å². The van der Waals surface area contributed by atoms with Crippen LogP contribution >= 0.6 is 0 Å². The zero-order valence-corrected chi connectivity index (χ0v) is 15.6. The normalized spacial score (nSPS) is 19.1. The van der Waals surface area contributed by atoms with Gasteiger partial charge >= 0.3 is 0 Å². The minimum atomic E-state index is -3.05. The summed E-state index contributed by atoms with van der Waals surface area (Å²) in [7, 11) is -3.05. The number of hydrogen-bond donors (Lipinski definition) is 0. The molecule has 136 valence electrons. The van der Waals surface area contributed by atoms with Crippen LogP contribution in [0.4, 0.5) is 0 Å². The quantitative estimate of drug-likeness (QED) is 0.693. The van der Waals surface area contributed by atoms with Crippen LogP contribution in [0.1, 0.15) is 29.7 Å². The molecule has 1 saturated heterocycles. The Hall–Kier alpha value is -2.55. The maximum Gasteiger partial charge on any atom is 0.217 e. The van der Waals surface area contributed by atoms with Crippen molar-refractivity contribution >= 4 is 9.84 Å². The van der Waals surface area contributed by atoms with Crippen molar-refractivity contribution in [3.8, 4) is 23.1 Å². The minimum Gasteiger partial charge on any atom is -0.458 e. The van der Waals surface area contributed by atoms with E-state index in [-0.39, 0.29) is 17.5 Å². The molecule has 3 aromatic heterocycles. The lowest BCUT2D eigenvalue weighted by atomic mass is 10.2. The van der Waals surface area contributed by atoms with E-state index in [1.807, 2.05) is 32.9 Å². The topological polar surface area (TPSA) is 104 Å². The first-order valence-electron chi connectivity index (χ1n) is 8.37. The van der Waals surface area contributed by atoms with Crippen LogP contribution in [0, 0.1) is 20.8 Å². The van der Waals surface area contributed by atoms with Gasteiger partial charge in [0.1, 0.15) is 17.3 Å². The highest BCUT2D eigenvalue weighted by atomic mass is 32.2. The van der Waals surface area contributed by atoms with Gasteiger partial charge in [0.05, 0.1) is 17.5 Å². The summed E-state index contributed by atoms with van der Waals surface area (Å²) in [5, 5.41) is 4.56. The lowest BCUT2D eigenvalue weighted by Crippen LogP contribution is -2.14. The average Bonchev–Trinajstić information content (AvgIpc) is 3.24. The van der Waals surface area contributed by atoms with Crippen LogP contribution in [0.5, 0.6) is 0 Å². The number of aromatic nitrogens is 5. The van der Waals surface area contributed by atoms with E-state index >= 15 is 0 Å². The predicted molar refractivity (Wildman–Crippen MR) is 95.3 cm³/mol. The Kier molecular flexibility index (Phi) is 3.91. The summed E-state index contributed by atoms with van der Waals surface area (Å²) < 4.78 is 31.2. The summed E-state index contributed by atoms with van der Waals surface area (Å²) >= 11 is 0. The van der Waals surface area contributed by atoms with Crippen molar-refractivity contribution in [2.24, 2.45) is 0 Å². The summed E-state index contributed by atoms with van der Waals surface area (Å²) in [4.78, 5) is 13.4. The summed E-state index contributed by atoms with van der Waals surface area (Å²) in [6.45, 7) is 5.55. The molecule has 4 rings (SSSR count). The van der Waals surface area contributed by atoms with E-state index < -0.39 is 9.84 Å². The molecule has 0 bridgehead atoms. The second-order valence-corrected chi connectivity index (χ2v) is 8.84. The lowest BCUT2D eigenvalue weighted by molar-refractivity contribution is 0.499. The average molecular weight is 373 g/mol. The number of hydrogen-bond acceptors (Lipinski definition) is 7. The van der Waals surface area contributed by atoms with Crippen LogP contribution < -0.4 is 0 Å². The van der Waals surface area contributed by atoms with Gasteiger partial charge in [0.15, 0.2) is 21.4 Å². The van der Waals surface area contributed by atoms with E-state index in [1.54, 1.807) is 10.7 Å². The Morgan fingerprint density at radius 1 is 1.15 bits per heavy atom. The van der Waals surface area contributed by atoms with E-state index in [4.69, 9.17) is 4.42 Å². The van der Waals surface area contributed by atoms with E-state index in [9.17, 15) is 8.42 Å². The molecule has 3 aromatic rings. The first kappa shape index (κ1) is 16.9. The van der Waals surface area contributed by atoms with Crippen molar-refractivity contribution in [3.05, 3.63) is 35.5 Å². The molecule has 0 unspecified atom stereocenters. The van der Waals surface area contributed by atoms with Crippen molar-refractivity contribution in [2.45, 2.75) is 33.2 Å². The fourth-order valence-corrected chi connectivity index (χ4v) is 4.90. The molecule has 0 spiro atoms. The van der Waals surface area contributed by atoms with Crippen molar-refractivity contribution in [3.63, 3.8) is 0 Å². The Labute approximate surface area is 151 Å². The van der Waals surface area contributed by atoms with Crippen LogP contribution in [0.2, 0.25) is 0 Å². The molecule has 1 aliphatic rings. The molecule has 0 aliphatic carbocycles. The van der Waals surface area contributed by atoms with Gasteiger partial charge < -0.3 is 4.42 Å². The van der Waals surface area contributed by atoms with Gasteiger partial charge in [-0.2, -0.15) is 0 Å². The molecule has 26 heavy (non-hydrogen) atoms. The van der Waals surface area contributed by atoms with Crippen LogP contribution in [0.15, 0.2) is 22.6 Å². The smallest absolute Gasteiger partial charge is 0.217 e. The molecule has 1 atom stereocenters. The summed E-state index contributed by atoms with van der Waals surface area (Å²) in [5.41, 5.74) is 1.44. The zero-order chi connectivity index (χ0) is 18.5. The number of nitrogens with zero attached hydrogens (tertiary/aromatic N) is 5. The van der Waals surface area contributed by atoms with E-state index in [2.05, 4.69) is 20.1 Å². The van der Waals surface area contributed by atoms with Gasteiger partial charge in [0.25, 0.3) is 0 Å². The van der Waals surface area contributed by atoms with Gasteiger partial charge in [-0.25, -0.2) is 28.1 Å². The van der Waals surface area contributed by atoms with Gasteiger partial charge in [-0.15, -0.1) is 5.10 Å². The van der Waals surface area contributed by atoms with Crippen LogP contribution in [0.3, 0.4) is 0 Å². The summed E-state index contributed by atoms with van der Waals surface area (Å²) in [5.74, 6) is 3.11. The van der Waals surface area contributed by atoms with E-state index in [1.165, 1.54) is 0 Å². The second-order valence-electron chi connectivity index (χ2n) is 6.61. The molecule has 0 amide bonds. The molecule has 0 radical (unpaired) electrons. The highest BCUT2D eigenvalue weighted by Gasteiger charge is 2.33. The van der Waals surface area contributed by atoms with Crippen LogP contribution in [-0.4, -0.2) is 44.7 Å². The molecule has 4 heterocycles. The highest BCUT2D eigenvalue weighted by molar-refractivity contribution is 7.91. The highest BCUT2D eigenvalue weighted by Crippen LogP contribution is 2.30. The number of aryl methyl sites for hydroxylation is 3. The molecule has 1 fully saturated rings. The first-order chi connectivity index (χ1) is 12.3. The lowest BCUT2D eigenvalue weighted by Gasteiger charge is -2.11. The van der Waals surface area contributed by atoms with E-state index in [0.717, 1.165) is 11.5 Å². The molecule has 0 N–H and O–H groups in total. The second kappa shape index (κ2) is 6.01. The molecule has 8 nitrogen and oxygen atoms in total. The maximum atomic E-state index is 11.9. The third-order valence-corrected chi connectivity index (χ3v) is 6.09. The molecule has 9 heteroatoms. The molecular weight excluding hydrogens is 354 g/mol. The fraction of sp³-hybridized carbons (Fsp3) is 0.412. The van der Waals surface area contributed by atoms with Gasteiger partial charge in [0.2, 0.25) is 5.82 Å². The van der Waals surface area contributed by atoms with Crippen molar-refractivity contribution < 1.29 is 12.8 Å². The Morgan fingerprint density at radius 3 is 2.58 bits per heavy atom. The Morgan fingerprint density at radius 2 is 1.96 bits per heavy atom. The first-order valence-corrected chi connectivity index (χ1v) is 10.2.